The molecule has 0 atom stereocenters. The Morgan fingerprint density at radius 2 is 2.00 bits per heavy atom. The molecule has 0 radical (unpaired) electrons. The van der Waals surface area contributed by atoms with Crippen LogP contribution in [0.25, 0.3) is 0 Å². The Hall–Kier alpha value is -1.29. The van der Waals surface area contributed by atoms with E-state index < -0.39 is 5.97 Å². The molecule has 0 amide bonds. The number of aromatic nitrogens is 1. The highest BCUT2D eigenvalue weighted by Gasteiger charge is 2.22. The maximum Gasteiger partial charge on any atom is 0.337 e. The zero-order valence-electron chi connectivity index (χ0n) is 11.1. The van der Waals surface area contributed by atoms with Crippen LogP contribution in [0.2, 0.25) is 5.02 Å². The molecule has 5 heteroatoms. The number of anilines is 1. The van der Waals surface area contributed by atoms with Gasteiger partial charge in [0.15, 0.2) is 0 Å². The minimum atomic E-state index is -1.01. The lowest BCUT2D eigenvalue weighted by molar-refractivity contribution is 0.0697. The Labute approximate surface area is 118 Å². The standard InChI is InChI=1S/C14H19ClN2O2/c1-17(10-6-4-2-3-5-7-10)13-12(15)11(14(18)19)8-9-16-13/h8-10H,2-7H2,1H3,(H,18,19). The Morgan fingerprint density at radius 1 is 1.37 bits per heavy atom. The summed E-state index contributed by atoms with van der Waals surface area (Å²) in [6, 6.07) is 1.84. The second-order valence-corrected chi connectivity index (χ2v) is 5.44. The number of carboxylic acid groups (broad SMARTS) is 1. The number of aromatic carboxylic acids is 1. The molecule has 0 bridgehead atoms. The fourth-order valence-electron chi connectivity index (χ4n) is 2.66. The van der Waals surface area contributed by atoms with E-state index >= 15 is 0 Å². The molecule has 0 saturated heterocycles. The Morgan fingerprint density at radius 3 is 2.58 bits per heavy atom. The molecule has 0 aliphatic heterocycles. The van der Waals surface area contributed by atoms with E-state index in [0.29, 0.717) is 11.9 Å². The molecule has 1 heterocycles. The van der Waals surface area contributed by atoms with Crippen LogP contribution in [-0.2, 0) is 0 Å². The van der Waals surface area contributed by atoms with E-state index in [1.807, 2.05) is 11.9 Å². The highest BCUT2D eigenvalue weighted by molar-refractivity contribution is 6.35. The summed E-state index contributed by atoms with van der Waals surface area (Å²) in [4.78, 5) is 17.4. The van der Waals surface area contributed by atoms with Crippen molar-refractivity contribution in [2.24, 2.45) is 0 Å². The largest absolute Gasteiger partial charge is 0.478 e. The first-order valence-corrected chi connectivity index (χ1v) is 7.09. The molecule has 1 fully saturated rings. The van der Waals surface area contributed by atoms with Gasteiger partial charge in [0.05, 0.1) is 10.6 Å². The van der Waals surface area contributed by atoms with Crippen LogP contribution in [0.15, 0.2) is 12.3 Å². The van der Waals surface area contributed by atoms with Crippen LogP contribution in [0.3, 0.4) is 0 Å². The molecule has 1 aliphatic rings. The molecule has 0 aromatic carbocycles. The van der Waals surface area contributed by atoms with Gasteiger partial charge in [-0.15, -0.1) is 0 Å². The van der Waals surface area contributed by atoms with Gasteiger partial charge in [-0.2, -0.15) is 0 Å². The van der Waals surface area contributed by atoms with Crippen LogP contribution in [0.4, 0.5) is 5.82 Å². The minimum absolute atomic E-state index is 0.118. The Bertz CT molecular complexity index is 457. The second-order valence-electron chi connectivity index (χ2n) is 5.06. The van der Waals surface area contributed by atoms with Crippen molar-refractivity contribution < 1.29 is 9.90 Å². The third-order valence-corrected chi connectivity index (χ3v) is 4.18. The van der Waals surface area contributed by atoms with E-state index in [1.165, 1.54) is 37.9 Å². The van der Waals surface area contributed by atoms with Gasteiger partial charge >= 0.3 is 5.97 Å². The Balaban J connectivity index is 2.25. The van der Waals surface area contributed by atoms with Crippen molar-refractivity contribution >= 4 is 23.4 Å². The molecule has 0 spiro atoms. The smallest absolute Gasteiger partial charge is 0.337 e. The predicted octanol–water partition coefficient (Wildman–Crippen LogP) is 3.59. The fraction of sp³-hybridized carbons (Fsp3) is 0.571. The monoisotopic (exact) mass is 282 g/mol. The summed E-state index contributed by atoms with van der Waals surface area (Å²) in [6.45, 7) is 0. The maximum atomic E-state index is 11.1. The van der Waals surface area contributed by atoms with Crippen LogP contribution >= 0.6 is 11.6 Å². The summed E-state index contributed by atoms with van der Waals surface area (Å²) in [6.07, 6.45) is 8.73. The van der Waals surface area contributed by atoms with Gasteiger partial charge in [-0.3, -0.25) is 0 Å². The molecule has 19 heavy (non-hydrogen) atoms. The third kappa shape index (κ3) is 3.18. The van der Waals surface area contributed by atoms with E-state index in [-0.39, 0.29) is 10.6 Å². The van der Waals surface area contributed by atoms with Crippen molar-refractivity contribution in [1.29, 1.82) is 0 Å². The summed E-state index contributed by atoms with van der Waals surface area (Å²) in [7, 11) is 1.95. The van der Waals surface area contributed by atoms with Crippen LogP contribution in [0.5, 0.6) is 0 Å². The van der Waals surface area contributed by atoms with E-state index in [1.54, 1.807) is 0 Å². The van der Waals surface area contributed by atoms with Crippen molar-refractivity contribution in [3.05, 3.63) is 22.8 Å². The van der Waals surface area contributed by atoms with Gasteiger partial charge in [-0.05, 0) is 18.9 Å². The van der Waals surface area contributed by atoms with E-state index in [2.05, 4.69) is 4.98 Å². The van der Waals surface area contributed by atoms with E-state index in [9.17, 15) is 4.79 Å². The number of pyridine rings is 1. The Kier molecular flexibility index (Phi) is 4.64. The first-order valence-electron chi connectivity index (χ1n) is 6.72. The highest BCUT2D eigenvalue weighted by Crippen LogP contribution is 2.30. The summed E-state index contributed by atoms with van der Waals surface area (Å²) in [5, 5.41) is 9.33. The van der Waals surface area contributed by atoms with Crippen LogP contribution in [0.1, 0.15) is 48.9 Å². The highest BCUT2D eigenvalue weighted by atomic mass is 35.5. The lowest BCUT2D eigenvalue weighted by Crippen LogP contribution is -2.32. The summed E-state index contributed by atoms with van der Waals surface area (Å²) in [5.74, 6) is -0.434. The molecular formula is C14H19ClN2O2. The van der Waals surface area contributed by atoms with Crippen LogP contribution < -0.4 is 4.90 Å². The number of carbonyl (C=O) groups is 1. The van der Waals surface area contributed by atoms with Gasteiger partial charge in [0.2, 0.25) is 0 Å². The minimum Gasteiger partial charge on any atom is -0.478 e. The molecule has 0 unspecified atom stereocenters. The molecule has 1 saturated carbocycles. The van der Waals surface area contributed by atoms with Crippen molar-refractivity contribution in [1.82, 2.24) is 4.98 Å². The molecule has 104 valence electrons. The van der Waals surface area contributed by atoms with Crippen molar-refractivity contribution in [3.63, 3.8) is 0 Å². The molecular weight excluding hydrogens is 264 g/mol. The zero-order valence-corrected chi connectivity index (χ0v) is 11.9. The van der Waals surface area contributed by atoms with Gasteiger partial charge in [0.1, 0.15) is 5.82 Å². The van der Waals surface area contributed by atoms with Gasteiger partial charge in [0.25, 0.3) is 0 Å². The lowest BCUT2D eigenvalue weighted by Gasteiger charge is -2.29. The second kappa shape index (κ2) is 6.24. The van der Waals surface area contributed by atoms with Crippen molar-refractivity contribution in [3.8, 4) is 0 Å². The third-order valence-electron chi connectivity index (χ3n) is 3.81. The van der Waals surface area contributed by atoms with Crippen molar-refractivity contribution in [2.45, 2.75) is 44.6 Å². The maximum absolute atomic E-state index is 11.1. The first-order chi connectivity index (χ1) is 9.11. The SMILES string of the molecule is CN(c1nccc(C(=O)O)c1Cl)C1CCCCCC1. The molecule has 1 aromatic rings. The molecule has 4 nitrogen and oxygen atoms in total. The topological polar surface area (TPSA) is 53.4 Å². The average molecular weight is 283 g/mol. The molecule has 1 aromatic heterocycles. The lowest BCUT2D eigenvalue weighted by atomic mass is 10.1. The normalized spacial score (nSPS) is 16.9. The van der Waals surface area contributed by atoms with Crippen molar-refractivity contribution in [2.75, 3.05) is 11.9 Å². The van der Waals surface area contributed by atoms with E-state index in [0.717, 1.165) is 12.8 Å². The number of nitrogens with zero attached hydrogens (tertiary/aromatic N) is 2. The number of carboxylic acids is 1. The quantitative estimate of drug-likeness (QED) is 0.861. The summed E-state index contributed by atoms with van der Waals surface area (Å²) >= 11 is 6.17. The number of hydrogen-bond acceptors (Lipinski definition) is 3. The number of hydrogen-bond donors (Lipinski definition) is 1. The van der Waals surface area contributed by atoms with Crippen LogP contribution in [0, 0.1) is 0 Å². The molecule has 2 rings (SSSR count). The van der Waals surface area contributed by atoms with Crippen LogP contribution in [-0.4, -0.2) is 29.1 Å². The number of rotatable bonds is 3. The first kappa shape index (κ1) is 14.1. The summed E-state index contributed by atoms with van der Waals surface area (Å²) < 4.78 is 0. The molecule has 1 N–H and O–H groups in total. The van der Waals surface area contributed by atoms with E-state index in [4.69, 9.17) is 16.7 Å². The molecule has 1 aliphatic carbocycles. The predicted molar refractivity (Wildman–Crippen MR) is 76.1 cm³/mol. The van der Waals surface area contributed by atoms with Gasteiger partial charge < -0.3 is 10.0 Å². The summed E-state index contributed by atoms with van der Waals surface area (Å²) in [5.41, 5.74) is 0.118. The van der Waals surface area contributed by atoms with Gasteiger partial charge in [-0.1, -0.05) is 37.3 Å². The fourth-order valence-corrected chi connectivity index (χ4v) is 2.99. The van der Waals surface area contributed by atoms with Gasteiger partial charge in [0, 0.05) is 19.3 Å². The van der Waals surface area contributed by atoms with Gasteiger partial charge in [-0.25, -0.2) is 9.78 Å². The average Bonchev–Trinajstić information content (AvgIpc) is 2.66. The zero-order chi connectivity index (χ0) is 13.8. The number of halogens is 1.